The Morgan fingerprint density at radius 2 is 1.20 bits per heavy atom. The van der Waals surface area contributed by atoms with Gasteiger partial charge in [-0.1, -0.05) is 17.7 Å². The molecule has 0 amide bonds. The monoisotopic (exact) mass is 362 g/mol. The number of hydrogen-bond acceptors (Lipinski definition) is 5. The Bertz CT molecular complexity index is 798. The zero-order valence-corrected chi connectivity index (χ0v) is 15.2. The Kier molecular flexibility index (Phi) is 6.31. The van der Waals surface area contributed by atoms with Crippen molar-refractivity contribution in [3.8, 4) is 23.0 Å². The van der Waals surface area contributed by atoms with Crippen molar-refractivity contribution < 1.29 is 23.7 Å². The molecule has 0 saturated carbocycles. The lowest BCUT2D eigenvalue weighted by Gasteiger charge is -2.12. The molecule has 0 saturated heterocycles. The van der Waals surface area contributed by atoms with E-state index in [9.17, 15) is 4.79 Å². The van der Waals surface area contributed by atoms with Gasteiger partial charge in [0.2, 0.25) is 0 Å². The van der Waals surface area contributed by atoms with Crippen LogP contribution in [0.5, 0.6) is 23.0 Å². The lowest BCUT2D eigenvalue weighted by Crippen LogP contribution is -1.95. The summed E-state index contributed by atoms with van der Waals surface area (Å²) in [5, 5.41) is 0.295. The van der Waals surface area contributed by atoms with E-state index in [4.69, 9.17) is 30.5 Å². The SMILES string of the molecule is COc1ccc(/C(Cl)=C(\C=O)c2ccc(OC)c(OC)c2)cc1OC. The molecule has 0 aliphatic heterocycles. The number of hydrogen-bond donors (Lipinski definition) is 0. The van der Waals surface area contributed by atoms with Crippen molar-refractivity contribution in [3.05, 3.63) is 47.5 Å². The first-order valence-electron chi connectivity index (χ1n) is 7.39. The number of halogens is 1. The standard InChI is InChI=1S/C19H19ClO5/c1-22-15-7-5-12(9-17(15)24-3)14(11-21)19(20)13-6-8-16(23-2)18(10-13)25-4/h5-11H,1-4H3/b19-14-. The number of benzene rings is 2. The van der Waals surface area contributed by atoms with Crippen LogP contribution in [-0.4, -0.2) is 34.7 Å². The van der Waals surface area contributed by atoms with E-state index >= 15 is 0 Å². The smallest absolute Gasteiger partial charge is 0.161 e. The van der Waals surface area contributed by atoms with Gasteiger partial charge in [-0.25, -0.2) is 0 Å². The summed E-state index contributed by atoms with van der Waals surface area (Å²) < 4.78 is 21.0. The van der Waals surface area contributed by atoms with Crippen molar-refractivity contribution in [2.75, 3.05) is 28.4 Å². The van der Waals surface area contributed by atoms with Crippen LogP contribution >= 0.6 is 11.6 Å². The fraction of sp³-hybridized carbons (Fsp3) is 0.211. The molecule has 0 fully saturated rings. The van der Waals surface area contributed by atoms with Crippen LogP contribution in [0, 0.1) is 0 Å². The van der Waals surface area contributed by atoms with E-state index in [0.717, 1.165) is 0 Å². The molecule has 2 aromatic rings. The van der Waals surface area contributed by atoms with Crippen LogP contribution in [0.2, 0.25) is 0 Å². The number of aldehydes is 1. The molecule has 132 valence electrons. The van der Waals surface area contributed by atoms with Crippen molar-refractivity contribution >= 4 is 28.5 Å². The Morgan fingerprint density at radius 3 is 1.64 bits per heavy atom. The summed E-state index contributed by atoms with van der Waals surface area (Å²) in [5.41, 5.74) is 1.58. The van der Waals surface area contributed by atoms with E-state index in [2.05, 4.69) is 0 Å². The van der Waals surface area contributed by atoms with Crippen molar-refractivity contribution in [2.24, 2.45) is 0 Å². The third-order valence-electron chi connectivity index (χ3n) is 3.69. The van der Waals surface area contributed by atoms with E-state index in [-0.39, 0.29) is 0 Å². The maximum atomic E-state index is 11.7. The molecule has 0 radical (unpaired) electrons. The third kappa shape index (κ3) is 3.88. The average Bonchev–Trinajstić information content (AvgIpc) is 2.67. The summed E-state index contributed by atoms with van der Waals surface area (Å²) in [7, 11) is 6.16. The third-order valence-corrected chi connectivity index (χ3v) is 4.11. The second kappa shape index (κ2) is 8.44. The fourth-order valence-corrected chi connectivity index (χ4v) is 2.65. The zero-order chi connectivity index (χ0) is 18.4. The molecule has 2 rings (SSSR count). The molecular formula is C19H19ClO5. The van der Waals surface area contributed by atoms with Crippen LogP contribution in [0.25, 0.3) is 10.6 Å². The quantitative estimate of drug-likeness (QED) is 0.423. The highest BCUT2D eigenvalue weighted by atomic mass is 35.5. The number of ether oxygens (including phenoxy) is 4. The molecule has 0 spiro atoms. The number of rotatable bonds is 7. The van der Waals surface area contributed by atoms with E-state index in [1.165, 1.54) is 14.2 Å². The first-order chi connectivity index (χ1) is 12.1. The van der Waals surface area contributed by atoms with Crippen LogP contribution < -0.4 is 18.9 Å². The molecular weight excluding hydrogens is 344 g/mol. The predicted octanol–water partition coefficient (Wildman–Crippen LogP) is 4.03. The predicted molar refractivity (Wildman–Crippen MR) is 97.8 cm³/mol. The minimum absolute atomic E-state index is 0.295. The lowest BCUT2D eigenvalue weighted by atomic mass is 10.0. The second-order valence-electron chi connectivity index (χ2n) is 4.99. The van der Waals surface area contributed by atoms with Crippen LogP contribution in [0.1, 0.15) is 11.1 Å². The highest BCUT2D eigenvalue weighted by Crippen LogP contribution is 2.37. The Morgan fingerprint density at radius 1 is 0.760 bits per heavy atom. The topological polar surface area (TPSA) is 54.0 Å². The summed E-state index contributed by atoms with van der Waals surface area (Å²) in [6, 6.07) is 10.4. The number of methoxy groups -OCH3 is 4. The number of carbonyl (C=O) groups excluding carboxylic acids is 1. The largest absolute Gasteiger partial charge is 0.493 e. The van der Waals surface area contributed by atoms with Crippen LogP contribution in [0.3, 0.4) is 0 Å². The average molecular weight is 363 g/mol. The van der Waals surface area contributed by atoms with Gasteiger partial charge in [0.1, 0.15) is 0 Å². The molecule has 0 aliphatic carbocycles. The van der Waals surface area contributed by atoms with Crippen LogP contribution in [0.15, 0.2) is 36.4 Å². The van der Waals surface area contributed by atoms with Crippen molar-refractivity contribution in [2.45, 2.75) is 0 Å². The molecule has 0 bridgehead atoms. The molecule has 2 aromatic carbocycles. The maximum absolute atomic E-state index is 11.7. The van der Waals surface area contributed by atoms with Gasteiger partial charge in [0, 0.05) is 5.57 Å². The first-order valence-corrected chi connectivity index (χ1v) is 7.77. The van der Waals surface area contributed by atoms with E-state index < -0.39 is 0 Å². The summed E-state index contributed by atoms with van der Waals surface area (Å²) in [5.74, 6) is 2.18. The van der Waals surface area contributed by atoms with Gasteiger partial charge in [-0.05, 0) is 41.5 Å². The van der Waals surface area contributed by atoms with Gasteiger partial charge in [-0.2, -0.15) is 0 Å². The molecule has 0 N–H and O–H groups in total. The zero-order valence-electron chi connectivity index (χ0n) is 14.5. The van der Waals surface area contributed by atoms with Gasteiger partial charge in [0.05, 0.1) is 33.5 Å². The Balaban J connectivity index is 2.56. The minimum atomic E-state index is 0.295. The first kappa shape index (κ1) is 18.7. The summed E-state index contributed by atoms with van der Waals surface area (Å²) in [4.78, 5) is 11.7. The van der Waals surface area contributed by atoms with Gasteiger partial charge in [0.15, 0.2) is 29.3 Å². The molecule has 0 atom stereocenters. The van der Waals surface area contributed by atoms with E-state index in [0.29, 0.717) is 51.0 Å². The van der Waals surface area contributed by atoms with E-state index in [1.807, 2.05) is 0 Å². The summed E-state index contributed by atoms with van der Waals surface area (Å²) in [6.45, 7) is 0. The molecule has 0 heterocycles. The van der Waals surface area contributed by atoms with Crippen LogP contribution in [-0.2, 0) is 4.79 Å². The Hall–Kier alpha value is -2.66. The molecule has 5 nitrogen and oxygen atoms in total. The maximum Gasteiger partial charge on any atom is 0.161 e. The summed E-state index contributed by atoms with van der Waals surface area (Å²) >= 11 is 6.48. The molecule has 6 heteroatoms. The highest BCUT2D eigenvalue weighted by Gasteiger charge is 2.14. The highest BCUT2D eigenvalue weighted by molar-refractivity contribution is 6.55. The molecule has 25 heavy (non-hydrogen) atoms. The van der Waals surface area contributed by atoms with E-state index in [1.54, 1.807) is 50.6 Å². The molecule has 0 unspecified atom stereocenters. The lowest BCUT2D eigenvalue weighted by molar-refractivity contribution is -0.103. The van der Waals surface area contributed by atoms with Crippen molar-refractivity contribution in [1.82, 2.24) is 0 Å². The molecule has 0 aliphatic rings. The number of allylic oxidation sites excluding steroid dienone is 1. The molecule has 0 aromatic heterocycles. The van der Waals surface area contributed by atoms with Gasteiger partial charge < -0.3 is 18.9 Å². The van der Waals surface area contributed by atoms with Gasteiger partial charge in [-0.3, -0.25) is 4.79 Å². The van der Waals surface area contributed by atoms with Crippen molar-refractivity contribution in [3.63, 3.8) is 0 Å². The van der Waals surface area contributed by atoms with Gasteiger partial charge >= 0.3 is 0 Å². The normalized spacial score (nSPS) is 11.4. The van der Waals surface area contributed by atoms with Crippen LogP contribution in [0.4, 0.5) is 0 Å². The van der Waals surface area contributed by atoms with Gasteiger partial charge in [0.25, 0.3) is 0 Å². The second-order valence-corrected chi connectivity index (χ2v) is 5.36. The Labute approximate surface area is 151 Å². The van der Waals surface area contributed by atoms with Crippen molar-refractivity contribution in [1.29, 1.82) is 0 Å². The number of carbonyl (C=O) groups is 1. The summed E-state index contributed by atoms with van der Waals surface area (Å²) in [6.07, 6.45) is 0.709. The minimum Gasteiger partial charge on any atom is -0.493 e. The van der Waals surface area contributed by atoms with Gasteiger partial charge in [-0.15, -0.1) is 0 Å². The fourth-order valence-electron chi connectivity index (χ4n) is 2.38.